The number of rotatable bonds is 5. The van der Waals surface area contributed by atoms with Crippen LogP contribution < -0.4 is 0 Å². The van der Waals surface area contributed by atoms with E-state index in [9.17, 15) is 13.2 Å². The molecule has 0 rings (SSSR count). The Hall–Kier alpha value is -0.250. The molecule has 0 aromatic rings. The van der Waals surface area contributed by atoms with E-state index < -0.39 is 18.1 Å². The predicted octanol–water partition coefficient (Wildman–Crippen LogP) is 4.72. The lowest BCUT2D eigenvalue weighted by Crippen LogP contribution is -2.50. The largest absolute Gasteiger partial charge is 0.404 e. The summed E-state index contributed by atoms with van der Waals surface area (Å²) in [4.78, 5) is 1.48. The molecular formula is C14H28F3N. The lowest BCUT2D eigenvalue weighted by atomic mass is 9.88. The van der Waals surface area contributed by atoms with Crippen LogP contribution in [-0.4, -0.2) is 30.2 Å². The van der Waals surface area contributed by atoms with E-state index in [-0.39, 0.29) is 11.5 Å². The van der Waals surface area contributed by atoms with E-state index in [1.165, 1.54) is 4.90 Å². The normalized spacial score (nSPS) is 17.3. The molecule has 2 atom stereocenters. The molecule has 0 fully saturated rings. The highest BCUT2D eigenvalue weighted by atomic mass is 19.4. The van der Waals surface area contributed by atoms with Gasteiger partial charge in [-0.2, -0.15) is 13.2 Å². The first kappa shape index (κ1) is 17.8. The molecule has 0 aromatic heterocycles. The van der Waals surface area contributed by atoms with Crippen LogP contribution in [0.1, 0.15) is 54.4 Å². The van der Waals surface area contributed by atoms with E-state index in [1.54, 1.807) is 20.9 Å². The van der Waals surface area contributed by atoms with Crippen LogP contribution in [0.2, 0.25) is 0 Å². The molecular weight excluding hydrogens is 239 g/mol. The van der Waals surface area contributed by atoms with Crippen molar-refractivity contribution in [2.75, 3.05) is 7.05 Å². The fourth-order valence-corrected chi connectivity index (χ4v) is 2.20. The standard InChI is InChI=1S/C14H28F3N/c1-10(2)12(14(15,16)17)18(7)11(3)8-9-13(4,5)6/h10-12H,8-9H2,1-7H3/t11-,12+/m1/s1. The number of nitrogens with zero attached hydrogens (tertiary/aromatic N) is 1. The van der Waals surface area contributed by atoms with Gasteiger partial charge in [-0.25, -0.2) is 0 Å². The van der Waals surface area contributed by atoms with Crippen LogP contribution >= 0.6 is 0 Å². The monoisotopic (exact) mass is 267 g/mol. The minimum atomic E-state index is -4.15. The van der Waals surface area contributed by atoms with Crippen molar-refractivity contribution < 1.29 is 13.2 Å². The molecule has 4 heteroatoms. The number of hydrogen-bond donors (Lipinski definition) is 0. The van der Waals surface area contributed by atoms with Crippen LogP contribution in [0.15, 0.2) is 0 Å². The molecule has 18 heavy (non-hydrogen) atoms. The highest BCUT2D eigenvalue weighted by Gasteiger charge is 2.45. The van der Waals surface area contributed by atoms with E-state index in [0.717, 1.165) is 12.8 Å². The molecule has 110 valence electrons. The van der Waals surface area contributed by atoms with Gasteiger partial charge in [0.05, 0.1) is 0 Å². The summed E-state index contributed by atoms with van der Waals surface area (Å²) in [5.41, 5.74) is 0.167. The second-order valence-electron chi connectivity index (χ2n) is 6.84. The average molecular weight is 267 g/mol. The summed E-state index contributed by atoms with van der Waals surface area (Å²) in [6.07, 6.45) is -2.43. The van der Waals surface area contributed by atoms with Crippen molar-refractivity contribution in [2.24, 2.45) is 11.3 Å². The minimum absolute atomic E-state index is 0.0572. The Morgan fingerprint density at radius 2 is 1.44 bits per heavy atom. The van der Waals surface area contributed by atoms with Crippen LogP contribution in [0.4, 0.5) is 13.2 Å². The summed E-state index contributed by atoms with van der Waals surface area (Å²) < 4.78 is 39.0. The van der Waals surface area contributed by atoms with E-state index >= 15 is 0 Å². The summed E-state index contributed by atoms with van der Waals surface area (Å²) in [5, 5.41) is 0. The molecule has 0 saturated carbocycles. The molecule has 0 bridgehead atoms. The van der Waals surface area contributed by atoms with Crippen molar-refractivity contribution in [1.82, 2.24) is 4.90 Å². The van der Waals surface area contributed by atoms with Gasteiger partial charge < -0.3 is 0 Å². The van der Waals surface area contributed by atoms with E-state index in [1.807, 2.05) is 6.92 Å². The highest BCUT2D eigenvalue weighted by molar-refractivity contribution is 4.83. The summed E-state index contributed by atoms with van der Waals surface area (Å²) in [6, 6.07) is -1.41. The van der Waals surface area contributed by atoms with Crippen LogP contribution in [0.25, 0.3) is 0 Å². The molecule has 0 saturated heterocycles. The van der Waals surface area contributed by atoms with Crippen molar-refractivity contribution in [3.8, 4) is 0 Å². The Balaban J connectivity index is 4.63. The Morgan fingerprint density at radius 3 is 1.72 bits per heavy atom. The zero-order valence-corrected chi connectivity index (χ0v) is 12.7. The number of alkyl halides is 3. The maximum Gasteiger partial charge on any atom is 0.404 e. The van der Waals surface area contributed by atoms with Gasteiger partial charge in [0.25, 0.3) is 0 Å². The fourth-order valence-electron chi connectivity index (χ4n) is 2.20. The average Bonchev–Trinajstić information content (AvgIpc) is 2.09. The van der Waals surface area contributed by atoms with Gasteiger partial charge in [-0.05, 0) is 38.1 Å². The topological polar surface area (TPSA) is 3.24 Å². The highest BCUT2D eigenvalue weighted by Crippen LogP contribution is 2.32. The van der Waals surface area contributed by atoms with Crippen LogP contribution in [-0.2, 0) is 0 Å². The minimum Gasteiger partial charge on any atom is -0.292 e. The first-order valence-electron chi connectivity index (χ1n) is 6.65. The smallest absolute Gasteiger partial charge is 0.292 e. The van der Waals surface area contributed by atoms with Crippen molar-refractivity contribution >= 4 is 0 Å². The van der Waals surface area contributed by atoms with Gasteiger partial charge in [-0.15, -0.1) is 0 Å². The first-order chi connectivity index (χ1) is 7.86. The Labute approximate surface area is 110 Å². The third kappa shape index (κ3) is 6.07. The second kappa shape index (κ2) is 6.27. The predicted molar refractivity (Wildman–Crippen MR) is 70.6 cm³/mol. The SMILES string of the molecule is CC(C)[C@H](N(C)[C@H](C)CCC(C)(C)C)C(F)(F)F. The Bertz CT molecular complexity index is 240. The van der Waals surface area contributed by atoms with E-state index in [4.69, 9.17) is 0 Å². The van der Waals surface area contributed by atoms with Crippen LogP contribution in [0, 0.1) is 11.3 Å². The van der Waals surface area contributed by atoms with Gasteiger partial charge >= 0.3 is 6.18 Å². The Morgan fingerprint density at radius 1 is 1.00 bits per heavy atom. The summed E-state index contributed by atoms with van der Waals surface area (Å²) in [5.74, 6) is -0.424. The molecule has 0 unspecified atom stereocenters. The van der Waals surface area contributed by atoms with Crippen molar-refractivity contribution in [3.05, 3.63) is 0 Å². The molecule has 0 aliphatic heterocycles. The molecule has 0 spiro atoms. The third-order valence-electron chi connectivity index (χ3n) is 3.41. The van der Waals surface area contributed by atoms with Crippen molar-refractivity contribution in [2.45, 2.75) is 72.6 Å². The fraction of sp³-hybridized carbons (Fsp3) is 1.00. The van der Waals surface area contributed by atoms with Crippen molar-refractivity contribution in [1.29, 1.82) is 0 Å². The zero-order valence-electron chi connectivity index (χ0n) is 12.7. The van der Waals surface area contributed by atoms with Crippen molar-refractivity contribution in [3.63, 3.8) is 0 Å². The lowest BCUT2D eigenvalue weighted by molar-refractivity contribution is -0.196. The zero-order chi connectivity index (χ0) is 14.7. The van der Waals surface area contributed by atoms with E-state index in [0.29, 0.717) is 0 Å². The molecule has 1 nitrogen and oxygen atoms in total. The summed E-state index contributed by atoms with van der Waals surface area (Å²) in [6.45, 7) is 11.5. The van der Waals surface area contributed by atoms with Gasteiger partial charge in [-0.1, -0.05) is 34.6 Å². The van der Waals surface area contributed by atoms with Gasteiger partial charge in [0.15, 0.2) is 0 Å². The Kier molecular flexibility index (Phi) is 6.18. The summed E-state index contributed by atoms with van der Waals surface area (Å²) >= 11 is 0. The second-order valence-corrected chi connectivity index (χ2v) is 6.84. The maximum absolute atomic E-state index is 13.0. The molecule has 0 amide bonds. The molecule has 0 aliphatic rings. The molecule has 0 radical (unpaired) electrons. The van der Waals surface area contributed by atoms with Gasteiger partial charge in [-0.3, -0.25) is 4.90 Å². The first-order valence-corrected chi connectivity index (χ1v) is 6.65. The maximum atomic E-state index is 13.0. The molecule has 0 aliphatic carbocycles. The van der Waals surface area contributed by atoms with Gasteiger partial charge in [0.2, 0.25) is 0 Å². The lowest BCUT2D eigenvalue weighted by Gasteiger charge is -2.37. The van der Waals surface area contributed by atoms with Gasteiger partial charge in [0, 0.05) is 6.04 Å². The molecule has 0 N–H and O–H groups in total. The summed E-state index contributed by atoms with van der Waals surface area (Å²) in [7, 11) is 1.59. The van der Waals surface area contributed by atoms with E-state index in [2.05, 4.69) is 20.8 Å². The number of hydrogen-bond acceptors (Lipinski definition) is 1. The number of halogens is 3. The molecule has 0 aromatic carbocycles. The third-order valence-corrected chi connectivity index (χ3v) is 3.41. The van der Waals surface area contributed by atoms with Crippen LogP contribution in [0.5, 0.6) is 0 Å². The molecule has 0 heterocycles. The van der Waals surface area contributed by atoms with Crippen LogP contribution in [0.3, 0.4) is 0 Å². The van der Waals surface area contributed by atoms with Gasteiger partial charge in [0.1, 0.15) is 6.04 Å². The quantitative estimate of drug-likeness (QED) is 0.696.